The summed E-state index contributed by atoms with van der Waals surface area (Å²) in [5.41, 5.74) is 2.27. The molecule has 0 spiro atoms. The summed E-state index contributed by atoms with van der Waals surface area (Å²) in [6, 6.07) is 6.23. The lowest BCUT2D eigenvalue weighted by Gasteiger charge is -2.15. The second kappa shape index (κ2) is 16.2. The maximum atomic E-state index is 5.89. The van der Waals surface area contributed by atoms with Gasteiger partial charge in [0.25, 0.3) is 0 Å². The van der Waals surface area contributed by atoms with Gasteiger partial charge in [0.2, 0.25) is 0 Å². The summed E-state index contributed by atoms with van der Waals surface area (Å²) in [7, 11) is 3.45. The van der Waals surface area contributed by atoms with Crippen LogP contribution < -0.4 is 15.4 Å². The molecule has 0 saturated carbocycles. The van der Waals surface area contributed by atoms with Gasteiger partial charge >= 0.3 is 0 Å². The van der Waals surface area contributed by atoms with Crippen molar-refractivity contribution in [2.75, 3.05) is 60.3 Å². The Bertz CT molecular complexity index is 552. The van der Waals surface area contributed by atoms with Crippen LogP contribution in [0.2, 0.25) is 0 Å². The number of guanidine groups is 1. The van der Waals surface area contributed by atoms with Gasteiger partial charge in [0.1, 0.15) is 12.4 Å². The van der Waals surface area contributed by atoms with Crippen molar-refractivity contribution in [1.82, 2.24) is 10.6 Å². The minimum atomic E-state index is 0.545. The zero-order valence-corrected chi connectivity index (χ0v) is 17.9. The minimum absolute atomic E-state index is 0.545. The van der Waals surface area contributed by atoms with E-state index in [-0.39, 0.29) is 0 Å². The molecule has 0 radical (unpaired) electrons. The van der Waals surface area contributed by atoms with Crippen molar-refractivity contribution in [3.8, 4) is 5.75 Å². The first-order chi connectivity index (χ1) is 13.7. The van der Waals surface area contributed by atoms with Gasteiger partial charge in [0.15, 0.2) is 5.96 Å². The van der Waals surface area contributed by atoms with E-state index in [1.165, 1.54) is 5.56 Å². The fourth-order valence-electron chi connectivity index (χ4n) is 2.48. The SMILES string of the molecule is CCOCCOc1cc(C)ccc1CNC(=NC)NCCCCOCCOC. The lowest BCUT2D eigenvalue weighted by atomic mass is 10.1. The highest BCUT2D eigenvalue weighted by Gasteiger charge is 2.06. The Labute approximate surface area is 169 Å². The maximum absolute atomic E-state index is 5.89. The van der Waals surface area contributed by atoms with E-state index in [0.29, 0.717) is 39.6 Å². The highest BCUT2D eigenvalue weighted by atomic mass is 16.5. The van der Waals surface area contributed by atoms with Crippen molar-refractivity contribution in [2.24, 2.45) is 4.99 Å². The van der Waals surface area contributed by atoms with Gasteiger partial charge in [-0.3, -0.25) is 4.99 Å². The lowest BCUT2D eigenvalue weighted by molar-refractivity contribution is 0.0689. The number of nitrogens with zero attached hydrogens (tertiary/aromatic N) is 1. The highest BCUT2D eigenvalue weighted by Crippen LogP contribution is 2.20. The molecule has 0 unspecified atom stereocenters. The normalized spacial score (nSPS) is 11.5. The largest absolute Gasteiger partial charge is 0.491 e. The number of benzene rings is 1. The minimum Gasteiger partial charge on any atom is -0.491 e. The van der Waals surface area contributed by atoms with E-state index in [4.69, 9.17) is 18.9 Å². The zero-order valence-electron chi connectivity index (χ0n) is 17.9. The molecule has 0 atom stereocenters. The average molecular weight is 396 g/mol. The predicted octanol–water partition coefficient (Wildman–Crippen LogP) is 2.52. The molecule has 0 aliphatic rings. The molecule has 0 fully saturated rings. The first-order valence-electron chi connectivity index (χ1n) is 10.0. The molecule has 0 saturated heterocycles. The quantitative estimate of drug-likeness (QED) is 0.270. The van der Waals surface area contributed by atoms with Crippen LogP contribution in [0.15, 0.2) is 23.2 Å². The maximum Gasteiger partial charge on any atom is 0.191 e. The molecule has 1 rings (SSSR count). The first-order valence-corrected chi connectivity index (χ1v) is 10.0. The molecule has 160 valence electrons. The van der Waals surface area contributed by atoms with Gasteiger partial charge in [-0.2, -0.15) is 0 Å². The number of ether oxygens (including phenoxy) is 4. The lowest BCUT2D eigenvalue weighted by Crippen LogP contribution is -2.37. The van der Waals surface area contributed by atoms with E-state index in [9.17, 15) is 0 Å². The van der Waals surface area contributed by atoms with Gasteiger partial charge in [-0.1, -0.05) is 12.1 Å². The third kappa shape index (κ3) is 11.1. The Kier molecular flexibility index (Phi) is 14.0. The summed E-state index contributed by atoms with van der Waals surface area (Å²) in [4.78, 5) is 4.28. The Balaban J connectivity index is 2.34. The third-order valence-electron chi connectivity index (χ3n) is 4.02. The van der Waals surface area contributed by atoms with Crippen LogP contribution in [0.3, 0.4) is 0 Å². The van der Waals surface area contributed by atoms with E-state index >= 15 is 0 Å². The van der Waals surface area contributed by atoms with Crippen molar-refractivity contribution in [3.63, 3.8) is 0 Å². The molecule has 2 N–H and O–H groups in total. The van der Waals surface area contributed by atoms with E-state index in [1.807, 2.05) is 6.92 Å². The van der Waals surface area contributed by atoms with Crippen molar-refractivity contribution >= 4 is 5.96 Å². The number of aryl methyl sites for hydroxylation is 1. The molecule has 1 aromatic carbocycles. The van der Waals surface area contributed by atoms with Crippen LogP contribution in [0.25, 0.3) is 0 Å². The van der Waals surface area contributed by atoms with Gasteiger partial charge in [-0.05, 0) is 38.3 Å². The summed E-state index contributed by atoms with van der Waals surface area (Å²) in [6.07, 6.45) is 2.02. The Morgan fingerprint density at radius 3 is 2.57 bits per heavy atom. The molecule has 7 heteroatoms. The van der Waals surface area contributed by atoms with Crippen LogP contribution in [0.1, 0.15) is 30.9 Å². The van der Waals surface area contributed by atoms with Crippen LogP contribution in [-0.2, 0) is 20.8 Å². The number of aliphatic imine (C=N–C) groups is 1. The van der Waals surface area contributed by atoms with Crippen molar-refractivity contribution < 1.29 is 18.9 Å². The van der Waals surface area contributed by atoms with Gasteiger partial charge < -0.3 is 29.6 Å². The Morgan fingerprint density at radius 1 is 1.00 bits per heavy atom. The molecule has 0 heterocycles. The highest BCUT2D eigenvalue weighted by molar-refractivity contribution is 5.79. The van der Waals surface area contributed by atoms with E-state index in [1.54, 1.807) is 14.2 Å². The third-order valence-corrected chi connectivity index (χ3v) is 4.02. The van der Waals surface area contributed by atoms with Crippen LogP contribution >= 0.6 is 0 Å². The summed E-state index contributed by atoms with van der Waals surface area (Å²) < 4.78 is 21.7. The summed E-state index contributed by atoms with van der Waals surface area (Å²) in [5.74, 6) is 1.66. The second-order valence-electron chi connectivity index (χ2n) is 6.32. The number of hydrogen-bond donors (Lipinski definition) is 2. The second-order valence-corrected chi connectivity index (χ2v) is 6.32. The van der Waals surface area contributed by atoms with E-state index in [0.717, 1.165) is 43.3 Å². The molecule has 1 aromatic rings. The molecule has 7 nitrogen and oxygen atoms in total. The number of rotatable bonds is 15. The number of unbranched alkanes of at least 4 members (excludes halogenated alkanes) is 1. The molecule has 0 bridgehead atoms. The summed E-state index contributed by atoms with van der Waals surface area (Å²) in [5, 5.41) is 6.68. The molecular weight excluding hydrogens is 358 g/mol. The number of methoxy groups -OCH3 is 1. The van der Waals surface area contributed by atoms with Crippen molar-refractivity contribution in [2.45, 2.75) is 33.2 Å². The van der Waals surface area contributed by atoms with E-state index < -0.39 is 0 Å². The van der Waals surface area contributed by atoms with Crippen LogP contribution in [-0.4, -0.2) is 66.3 Å². The standard InChI is InChI=1S/C21H37N3O4/c1-5-26-14-15-28-20-16-18(2)8-9-19(20)17-24-21(22-3)23-10-6-7-11-27-13-12-25-4/h8-9,16H,5-7,10-15,17H2,1-4H3,(H2,22,23,24). The summed E-state index contributed by atoms with van der Waals surface area (Å²) in [6.45, 7) is 9.42. The first kappa shape index (κ1) is 24.2. The topological polar surface area (TPSA) is 73.3 Å². The predicted molar refractivity (Wildman–Crippen MR) is 113 cm³/mol. The van der Waals surface area contributed by atoms with Crippen molar-refractivity contribution in [3.05, 3.63) is 29.3 Å². The van der Waals surface area contributed by atoms with Gasteiger partial charge in [-0.25, -0.2) is 0 Å². The smallest absolute Gasteiger partial charge is 0.191 e. The Morgan fingerprint density at radius 2 is 1.82 bits per heavy atom. The molecular formula is C21H37N3O4. The fourth-order valence-corrected chi connectivity index (χ4v) is 2.48. The molecule has 0 aliphatic carbocycles. The zero-order chi connectivity index (χ0) is 20.5. The fraction of sp³-hybridized carbons (Fsp3) is 0.667. The van der Waals surface area contributed by atoms with Crippen LogP contribution in [0.4, 0.5) is 0 Å². The molecule has 0 amide bonds. The average Bonchev–Trinajstić information content (AvgIpc) is 2.70. The van der Waals surface area contributed by atoms with E-state index in [2.05, 4.69) is 40.7 Å². The molecule has 28 heavy (non-hydrogen) atoms. The van der Waals surface area contributed by atoms with Gasteiger partial charge in [0.05, 0.1) is 19.8 Å². The van der Waals surface area contributed by atoms with Gasteiger partial charge in [-0.15, -0.1) is 0 Å². The van der Waals surface area contributed by atoms with Crippen LogP contribution in [0.5, 0.6) is 5.75 Å². The van der Waals surface area contributed by atoms with Crippen LogP contribution in [0, 0.1) is 6.92 Å². The monoisotopic (exact) mass is 395 g/mol. The van der Waals surface area contributed by atoms with Crippen molar-refractivity contribution in [1.29, 1.82) is 0 Å². The van der Waals surface area contributed by atoms with Gasteiger partial charge in [0, 0.05) is 46.0 Å². The molecule has 0 aliphatic heterocycles. The Hall–Kier alpha value is -1.83. The summed E-state index contributed by atoms with van der Waals surface area (Å²) >= 11 is 0. The number of hydrogen-bond acceptors (Lipinski definition) is 5. The number of nitrogens with one attached hydrogen (secondary N) is 2. The molecule has 0 aromatic heterocycles.